The Bertz CT molecular complexity index is 621. The van der Waals surface area contributed by atoms with E-state index in [0.29, 0.717) is 6.42 Å². The molecule has 0 saturated heterocycles. The van der Waals surface area contributed by atoms with Crippen LogP contribution in [0.2, 0.25) is 0 Å². The molecule has 0 aromatic rings. The van der Waals surface area contributed by atoms with Gasteiger partial charge in [0.15, 0.2) is 0 Å². The maximum atomic E-state index is 9.84. The summed E-state index contributed by atoms with van der Waals surface area (Å²) in [5.74, 6) is 0. The fourth-order valence-corrected chi connectivity index (χ4v) is 1.33. The molecule has 0 bridgehead atoms. The first-order chi connectivity index (χ1) is 15.5. The molecule has 0 heterocycles. The van der Waals surface area contributed by atoms with Crippen molar-refractivity contribution in [1.29, 1.82) is 0 Å². The summed E-state index contributed by atoms with van der Waals surface area (Å²) in [5, 5.41) is 16.3. The summed E-state index contributed by atoms with van der Waals surface area (Å²) >= 11 is -5.86. The molecule has 5 N–H and O–H groups in total. The second-order valence-electron chi connectivity index (χ2n) is 6.85. The molecule has 3 unspecified atom stereocenters. The molecule has 0 spiro atoms. The zero-order valence-electron chi connectivity index (χ0n) is 23.0. The Labute approximate surface area is 307 Å². The van der Waals surface area contributed by atoms with Crippen LogP contribution in [0.3, 0.4) is 0 Å². The van der Waals surface area contributed by atoms with Crippen LogP contribution in [0, 0.1) is 0 Å². The smallest absolute Gasteiger partial charge is 0.302 e. The van der Waals surface area contributed by atoms with Gasteiger partial charge in [-0.15, -0.1) is 13.2 Å². The number of hydrogen-bond acceptors (Lipinski definition) is 7. The third kappa shape index (κ3) is 122. The zero-order chi connectivity index (χ0) is 28.1. The average Bonchev–Trinajstić information content (AvgIpc) is 2.61. The summed E-state index contributed by atoms with van der Waals surface area (Å²) in [5.41, 5.74) is 4.22. The third-order valence-corrected chi connectivity index (χ3v) is 3.12. The first-order valence-electron chi connectivity index (χ1n) is 9.81. The van der Waals surface area contributed by atoms with E-state index in [9.17, 15) is 8.42 Å². The molecule has 0 aromatic heterocycles. The normalized spacial score (nSPS) is 10.6. The van der Waals surface area contributed by atoms with Crippen LogP contribution in [0.4, 0.5) is 0 Å². The van der Waals surface area contributed by atoms with Gasteiger partial charge in [0.25, 0.3) is 0 Å². The topological polar surface area (TPSA) is 171 Å². The fourth-order valence-electron chi connectivity index (χ4n) is 0.920. The molecule has 0 aliphatic heterocycles. The summed E-state index contributed by atoms with van der Waals surface area (Å²) in [4.78, 5) is 0. The largest absolute Gasteiger partial charge is 0.396 e. The van der Waals surface area contributed by atoms with Crippen LogP contribution >= 0.6 is 0 Å². The minimum absolute atomic E-state index is 0. The molecule has 3 radical (unpaired) electrons. The maximum Gasteiger partial charge on any atom is 0.302 e. The Kier molecular flexibility index (Phi) is 76.8. The monoisotopic (exact) mass is 819 g/mol. The molecule has 16 heteroatoms. The van der Waals surface area contributed by atoms with Gasteiger partial charge < -0.3 is 14.8 Å². The summed E-state index contributed by atoms with van der Waals surface area (Å²) in [7, 11) is 0. The van der Waals surface area contributed by atoms with E-state index in [1.807, 2.05) is 41.5 Å². The first-order valence-corrected chi connectivity index (χ1v) is 13.4. The van der Waals surface area contributed by atoms with E-state index in [1.54, 1.807) is 12.2 Å². The Hall–Kier alpha value is 2.44. The van der Waals surface area contributed by atoms with Crippen LogP contribution in [0.15, 0.2) is 47.6 Å². The van der Waals surface area contributed by atoms with Crippen LogP contribution in [-0.2, 0) is 140 Å². The third-order valence-electron chi connectivity index (χ3n) is 2.41. The number of aliphatic hydroxyl groups excluding tert-OH is 2. The molecule has 215 valence electrons. The van der Waals surface area contributed by atoms with Crippen molar-refractivity contribution in [2.75, 3.05) is 32.7 Å². The quantitative estimate of drug-likeness (QED) is 0.161. The van der Waals surface area contributed by atoms with Crippen molar-refractivity contribution in [3.05, 3.63) is 47.6 Å². The van der Waals surface area contributed by atoms with E-state index >= 15 is 0 Å². The standard InChI is InChI=1S/2C5H10O3S.2C5H10O.CH4O2S.3Y/c2*1-5(2)3-4-8-9(6)7;2*1-5(2)3-4-6;1-4(2)3;;;/h3H,4H2,1-2H3,(H,6,7);1,3-4H2,2H3,(H,6,7);3,6H,4H2,1-2H3;6H,1,3-4H2,2H3;1H3,(H,2,3);;;. The molecular formula is C21H44O10S3Y3. The van der Waals surface area contributed by atoms with Gasteiger partial charge in [-0.2, -0.15) is 8.42 Å². The molecule has 37 heavy (non-hydrogen) atoms. The number of allylic oxidation sites excluding steroid dienone is 2. The van der Waals surface area contributed by atoms with Crippen LogP contribution in [0.5, 0.6) is 0 Å². The van der Waals surface area contributed by atoms with E-state index in [1.165, 1.54) is 6.26 Å². The van der Waals surface area contributed by atoms with Gasteiger partial charge in [-0.05, 0) is 54.4 Å². The minimum atomic E-state index is -2.13. The summed E-state index contributed by atoms with van der Waals surface area (Å²) in [6.45, 7) is 19.5. The molecule has 0 aliphatic carbocycles. The van der Waals surface area contributed by atoms with Crippen molar-refractivity contribution in [3.63, 3.8) is 0 Å². The Morgan fingerprint density at radius 2 is 1.08 bits per heavy atom. The van der Waals surface area contributed by atoms with Crippen molar-refractivity contribution < 1.29 is 143 Å². The predicted molar refractivity (Wildman–Crippen MR) is 142 cm³/mol. The van der Waals surface area contributed by atoms with Gasteiger partial charge in [0.2, 0.25) is 0 Å². The zero-order valence-corrected chi connectivity index (χ0v) is 34.0. The summed E-state index contributed by atoms with van der Waals surface area (Å²) < 4.78 is 61.1. The Balaban J connectivity index is -0.0000000476. The average molecular weight is 819 g/mol. The van der Waals surface area contributed by atoms with Gasteiger partial charge >= 0.3 is 22.7 Å². The Morgan fingerprint density at radius 3 is 1.24 bits per heavy atom. The predicted octanol–water partition coefficient (Wildman–Crippen LogP) is 3.93. The SMILES string of the molecule is C=C(C)CCO.C=C(C)CCOS(=O)O.CC(C)=CCO.CC(C)=CCOS(=O)O.CS(=O)O.[Y].[Y].[Y]. The second-order valence-corrected chi connectivity index (χ2v) is 9.04. The van der Waals surface area contributed by atoms with E-state index in [4.69, 9.17) is 28.1 Å². The van der Waals surface area contributed by atoms with Gasteiger partial charge in [0.05, 0.1) is 19.8 Å². The van der Waals surface area contributed by atoms with Crippen molar-refractivity contribution in [3.8, 4) is 0 Å². The van der Waals surface area contributed by atoms with Crippen LogP contribution in [0.1, 0.15) is 54.4 Å². The second kappa shape index (κ2) is 48.2. The Morgan fingerprint density at radius 1 is 0.730 bits per heavy atom. The number of hydrogen-bond donors (Lipinski definition) is 5. The van der Waals surface area contributed by atoms with Gasteiger partial charge in [-0.1, -0.05) is 34.4 Å². The molecule has 3 atom stereocenters. The molecule has 0 amide bonds. The molecule has 0 fully saturated rings. The van der Waals surface area contributed by atoms with Crippen molar-refractivity contribution in [2.45, 2.75) is 54.4 Å². The van der Waals surface area contributed by atoms with Crippen molar-refractivity contribution in [2.24, 2.45) is 0 Å². The summed E-state index contributed by atoms with van der Waals surface area (Å²) in [6.07, 6.45) is 6.06. The van der Waals surface area contributed by atoms with Gasteiger partial charge in [-0.3, -0.25) is 17.5 Å². The number of rotatable bonds is 10. The van der Waals surface area contributed by atoms with E-state index < -0.39 is 33.8 Å². The first kappa shape index (κ1) is 59.0. The minimum Gasteiger partial charge on any atom is -0.396 e. The van der Waals surface area contributed by atoms with E-state index in [2.05, 4.69) is 21.5 Å². The van der Waals surface area contributed by atoms with Crippen molar-refractivity contribution in [1.82, 2.24) is 0 Å². The fraction of sp³-hybridized carbons (Fsp3) is 0.619. The van der Waals surface area contributed by atoms with Crippen LogP contribution in [-0.4, -0.2) is 69.2 Å². The molecular weight excluding hydrogens is 775 g/mol. The van der Waals surface area contributed by atoms with E-state index in [-0.39, 0.29) is 125 Å². The molecule has 0 rings (SSSR count). The molecule has 0 aromatic carbocycles. The maximum absolute atomic E-state index is 9.84. The van der Waals surface area contributed by atoms with Crippen LogP contribution < -0.4 is 0 Å². The molecule has 0 saturated carbocycles. The number of aliphatic hydroxyl groups is 2. The van der Waals surface area contributed by atoms with Gasteiger partial charge in [-0.25, -0.2) is 4.21 Å². The molecule has 10 nitrogen and oxygen atoms in total. The van der Waals surface area contributed by atoms with Crippen molar-refractivity contribution >= 4 is 33.8 Å². The van der Waals surface area contributed by atoms with Crippen LogP contribution in [0.25, 0.3) is 0 Å². The van der Waals surface area contributed by atoms with E-state index in [0.717, 1.165) is 28.7 Å². The summed E-state index contributed by atoms with van der Waals surface area (Å²) in [6, 6.07) is 0. The molecule has 0 aliphatic rings. The van der Waals surface area contributed by atoms with Gasteiger partial charge in [0.1, 0.15) is 11.1 Å². The van der Waals surface area contributed by atoms with Gasteiger partial charge in [0, 0.05) is 111 Å².